The van der Waals surface area contributed by atoms with Crippen molar-refractivity contribution >= 4 is 19.5 Å². The van der Waals surface area contributed by atoms with Gasteiger partial charge in [0.15, 0.2) is 5.78 Å². The molecule has 0 fully saturated rings. The van der Waals surface area contributed by atoms with Crippen LogP contribution in [0, 0.1) is 0 Å². The molecule has 0 aliphatic carbocycles. The Balaban J connectivity index is 3.18. The molecule has 0 saturated carbocycles. The Kier molecular flexibility index (Phi) is 3.26. The molecule has 1 rings (SSSR count). The van der Waals surface area contributed by atoms with Crippen LogP contribution < -0.4 is 5.73 Å². The number of hydrogen-bond acceptors (Lipinski definition) is 3. The molecule has 0 aliphatic rings. The van der Waals surface area contributed by atoms with E-state index in [-0.39, 0.29) is 5.78 Å². The van der Waals surface area contributed by atoms with E-state index in [1.807, 2.05) is 19.6 Å². The van der Waals surface area contributed by atoms with Gasteiger partial charge in [-0.3, -0.25) is 4.79 Å². The lowest BCUT2D eigenvalue weighted by Gasteiger charge is -2.34. The summed E-state index contributed by atoms with van der Waals surface area (Å²) in [6.45, 7) is 7.48. The average molecular weight is 237 g/mol. The molecule has 0 aromatic heterocycles. The maximum atomic E-state index is 12.2. The van der Waals surface area contributed by atoms with Gasteiger partial charge in [0.1, 0.15) is 5.22 Å². The number of anilines is 1. The molecule has 0 amide bonds. The molecule has 0 spiro atoms. The third kappa shape index (κ3) is 2.17. The van der Waals surface area contributed by atoms with Crippen molar-refractivity contribution in [3.63, 3.8) is 0 Å². The molecule has 1 aromatic carbocycles. The Hall–Kier alpha value is -1.13. The largest absolute Gasteiger partial charge is 0.398 e. The summed E-state index contributed by atoms with van der Waals surface area (Å²) in [5, 5.41) is 9.06. The fraction of sp³-hybridized carbons (Fsp3) is 0.417. The third-order valence-electron chi connectivity index (χ3n) is 3.11. The van der Waals surface area contributed by atoms with Gasteiger partial charge >= 0.3 is 0 Å². The molecule has 4 heteroatoms. The van der Waals surface area contributed by atoms with Gasteiger partial charge in [0.05, 0.1) is 8.07 Å². The molecule has 0 radical (unpaired) electrons. The molecule has 88 valence electrons. The van der Waals surface area contributed by atoms with Gasteiger partial charge in [0.2, 0.25) is 0 Å². The van der Waals surface area contributed by atoms with Gasteiger partial charge in [0, 0.05) is 11.3 Å². The van der Waals surface area contributed by atoms with Crippen molar-refractivity contribution in [2.24, 2.45) is 0 Å². The summed E-state index contributed by atoms with van der Waals surface area (Å²) in [5.41, 5.74) is 6.58. The Labute approximate surface area is 97.3 Å². The molecule has 1 aromatic rings. The van der Waals surface area contributed by atoms with Gasteiger partial charge in [-0.25, -0.2) is 0 Å². The zero-order chi connectivity index (χ0) is 12.6. The summed E-state index contributed by atoms with van der Waals surface area (Å²) < 4.78 is 0. The van der Waals surface area contributed by atoms with Crippen LogP contribution in [0.5, 0.6) is 0 Å². The van der Waals surface area contributed by atoms with Crippen molar-refractivity contribution in [2.45, 2.75) is 31.8 Å². The minimum Gasteiger partial charge on any atom is -0.398 e. The van der Waals surface area contributed by atoms with Crippen molar-refractivity contribution in [1.82, 2.24) is 0 Å². The van der Waals surface area contributed by atoms with Crippen LogP contribution in [0.1, 0.15) is 17.3 Å². The Morgan fingerprint density at radius 3 is 2.25 bits per heavy atom. The molecular formula is C12H19NO2Si. The summed E-state index contributed by atoms with van der Waals surface area (Å²) in [7, 11) is -2.00. The number of carbonyl (C=O) groups excluding carboxylic acids is 1. The van der Waals surface area contributed by atoms with E-state index in [9.17, 15) is 9.90 Å². The molecule has 3 nitrogen and oxygen atoms in total. The molecular weight excluding hydrogens is 218 g/mol. The van der Waals surface area contributed by atoms with E-state index < -0.39 is 13.3 Å². The van der Waals surface area contributed by atoms with Crippen molar-refractivity contribution in [3.8, 4) is 0 Å². The number of carbonyl (C=O) groups is 1. The highest BCUT2D eigenvalue weighted by atomic mass is 28.3. The minimum absolute atomic E-state index is 0.273. The van der Waals surface area contributed by atoms with E-state index in [1.54, 1.807) is 31.2 Å². The van der Waals surface area contributed by atoms with Crippen molar-refractivity contribution < 1.29 is 9.90 Å². The number of Topliss-reactive ketones (excluding diaryl/α,β-unsaturated/α-hetero) is 1. The highest BCUT2D eigenvalue weighted by molar-refractivity contribution is 6.82. The molecule has 3 N–H and O–H groups in total. The van der Waals surface area contributed by atoms with Crippen LogP contribution >= 0.6 is 0 Å². The normalized spacial score (nSPS) is 15.6. The Morgan fingerprint density at radius 2 is 1.81 bits per heavy atom. The topological polar surface area (TPSA) is 63.3 Å². The van der Waals surface area contributed by atoms with Gasteiger partial charge in [-0.15, -0.1) is 0 Å². The quantitative estimate of drug-likeness (QED) is 0.480. The van der Waals surface area contributed by atoms with Crippen LogP contribution in [0.15, 0.2) is 24.3 Å². The maximum absolute atomic E-state index is 12.2. The van der Waals surface area contributed by atoms with E-state index in [1.165, 1.54) is 0 Å². The number of para-hydroxylation sites is 1. The summed E-state index contributed by atoms with van der Waals surface area (Å²) in [5.74, 6) is -0.273. The van der Waals surface area contributed by atoms with Gasteiger partial charge in [-0.2, -0.15) is 0 Å². The van der Waals surface area contributed by atoms with Crippen LogP contribution in [-0.2, 0) is 0 Å². The van der Waals surface area contributed by atoms with Crippen molar-refractivity contribution in [1.29, 1.82) is 0 Å². The SMILES string of the molecule is CC(O)(C(=O)c1ccccc1N)[Si](C)(C)C. The van der Waals surface area contributed by atoms with E-state index in [0.717, 1.165) is 0 Å². The zero-order valence-electron chi connectivity index (χ0n) is 10.2. The molecule has 0 aliphatic heterocycles. The van der Waals surface area contributed by atoms with Gasteiger partial charge in [-0.1, -0.05) is 31.8 Å². The molecule has 1 atom stereocenters. The van der Waals surface area contributed by atoms with Crippen LogP contribution in [0.2, 0.25) is 19.6 Å². The van der Waals surface area contributed by atoms with Gasteiger partial charge in [0.25, 0.3) is 0 Å². The van der Waals surface area contributed by atoms with Crippen LogP contribution in [0.25, 0.3) is 0 Å². The van der Waals surface area contributed by atoms with Gasteiger partial charge in [-0.05, 0) is 19.1 Å². The second-order valence-corrected chi connectivity index (χ2v) is 10.7. The number of hydrogen-bond donors (Lipinski definition) is 2. The van der Waals surface area contributed by atoms with E-state index in [0.29, 0.717) is 11.3 Å². The molecule has 0 heterocycles. The fourth-order valence-corrected chi connectivity index (χ4v) is 2.12. The Bertz CT molecular complexity index is 408. The standard InChI is InChI=1S/C12H19NO2Si/c1-12(15,16(2,3)4)11(14)9-7-5-6-8-10(9)13/h5-8,15H,13H2,1-4H3. The van der Waals surface area contributed by atoms with E-state index >= 15 is 0 Å². The third-order valence-corrected chi connectivity index (χ3v) is 6.26. The monoisotopic (exact) mass is 237 g/mol. The number of nitrogens with two attached hydrogens (primary N) is 1. The van der Waals surface area contributed by atoms with Crippen LogP contribution in [0.3, 0.4) is 0 Å². The highest BCUT2D eigenvalue weighted by Crippen LogP contribution is 2.26. The first-order chi connectivity index (χ1) is 7.18. The summed E-state index contributed by atoms with van der Waals surface area (Å²) >= 11 is 0. The maximum Gasteiger partial charge on any atom is 0.192 e. The number of aliphatic hydroxyl groups is 1. The lowest BCUT2D eigenvalue weighted by Crippen LogP contribution is -2.55. The average Bonchev–Trinajstić information content (AvgIpc) is 2.15. The first-order valence-electron chi connectivity index (χ1n) is 5.29. The minimum atomic E-state index is -2.00. The number of nitrogen functional groups attached to an aromatic ring is 1. The van der Waals surface area contributed by atoms with Crippen LogP contribution in [0.4, 0.5) is 5.69 Å². The summed E-state index contributed by atoms with van der Waals surface area (Å²) in [6.07, 6.45) is 0. The molecule has 0 saturated heterocycles. The molecule has 1 unspecified atom stereocenters. The first kappa shape index (κ1) is 12.9. The second kappa shape index (κ2) is 4.03. The number of benzene rings is 1. The lowest BCUT2D eigenvalue weighted by molar-refractivity contribution is 0.0659. The first-order valence-corrected chi connectivity index (χ1v) is 8.79. The zero-order valence-corrected chi connectivity index (χ0v) is 11.2. The molecule has 0 bridgehead atoms. The van der Waals surface area contributed by atoms with Crippen molar-refractivity contribution in [2.75, 3.05) is 5.73 Å². The fourth-order valence-electron chi connectivity index (χ4n) is 1.31. The number of rotatable bonds is 3. The van der Waals surface area contributed by atoms with Crippen LogP contribution in [-0.4, -0.2) is 24.2 Å². The predicted octanol–water partition coefficient (Wildman–Crippen LogP) is 2.08. The van der Waals surface area contributed by atoms with E-state index in [2.05, 4.69) is 0 Å². The van der Waals surface area contributed by atoms with Gasteiger partial charge < -0.3 is 10.8 Å². The number of ketones is 1. The Morgan fingerprint density at radius 1 is 1.31 bits per heavy atom. The van der Waals surface area contributed by atoms with E-state index in [4.69, 9.17) is 5.73 Å². The predicted molar refractivity (Wildman–Crippen MR) is 69.2 cm³/mol. The molecule has 16 heavy (non-hydrogen) atoms. The second-order valence-electron chi connectivity index (χ2n) is 5.24. The smallest absolute Gasteiger partial charge is 0.192 e. The highest BCUT2D eigenvalue weighted by Gasteiger charge is 2.44. The lowest BCUT2D eigenvalue weighted by atomic mass is 10.0. The van der Waals surface area contributed by atoms with Crippen molar-refractivity contribution in [3.05, 3.63) is 29.8 Å². The summed E-state index contributed by atoms with van der Waals surface area (Å²) in [6, 6.07) is 6.86. The summed E-state index contributed by atoms with van der Waals surface area (Å²) in [4.78, 5) is 12.2.